The van der Waals surface area contributed by atoms with Crippen LogP contribution in [0.25, 0.3) is 11.2 Å². The van der Waals surface area contributed by atoms with E-state index in [4.69, 9.17) is 16.0 Å². The third kappa shape index (κ3) is 3.34. The second-order valence-corrected chi connectivity index (χ2v) is 6.10. The molecule has 0 amide bonds. The third-order valence-corrected chi connectivity index (χ3v) is 4.13. The summed E-state index contributed by atoms with van der Waals surface area (Å²) in [5.74, 6) is 1.92. The normalized spacial score (nSPS) is 11.0. The second-order valence-electron chi connectivity index (χ2n) is 5.67. The fourth-order valence-electron chi connectivity index (χ4n) is 2.62. The largest absolute Gasteiger partial charge is 0.467 e. The molecular formula is C18H17ClN6O. The van der Waals surface area contributed by atoms with Crippen LogP contribution in [0.15, 0.2) is 53.4 Å². The molecule has 0 aliphatic carbocycles. The number of anilines is 3. The topological polar surface area (TPSA) is 80.8 Å². The Hall–Kier alpha value is -3.06. The number of aryl methyl sites for hydroxylation is 1. The molecule has 1 aromatic carbocycles. The van der Waals surface area contributed by atoms with Crippen molar-refractivity contribution in [2.45, 2.75) is 20.0 Å². The summed E-state index contributed by atoms with van der Waals surface area (Å²) in [4.78, 5) is 13.6. The molecule has 8 heteroatoms. The standard InChI is InChI=1S/C18H17ClN6O/c1-2-25-11-21-15-16(22-13-6-3-5-12(19)9-13)23-18(24-17(15)25)20-10-14-7-4-8-26-14/h3-9,11H,2,10H2,1H3,(H2,20,22,23,24). The lowest BCUT2D eigenvalue weighted by atomic mass is 10.3. The van der Waals surface area contributed by atoms with Gasteiger partial charge >= 0.3 is 0 Å². The van der Waals surface area contributed by atoms with Gasteiger partial charge in [-0.2, -0.15) is 9.97 Å². The van der Waals surface area contributed by atoms with E-state index in [9.17, 15) is 0 Å². The summed E-state index contributed by atoms with van der Waals surface area (Å²) in [6, 6.07) is 11.2. The predicted molar refractivity (Wildman–Crippen MR) is 102 cm³/mol. The number of imidazole rings is 1. The van der Waals surface area contributed by atoms with Gasteiger partial charge in [0.15, 0.2) is 17.0 Å². The highest BCUT2D eigenvalue weighted by Gasteiger charge is 2.13. The zero-order chi connectivity index (χ0) is 17.9. The van der Waals surface area contributed by atoms with E-state index < -0.39 is 0 Å². The van der Waals surface area contributed by atoms with Crippen LogP contribution in [0.4, 0.5) is 17.5 Å². The van der Waals surface area contributed by atoms with E-state index in [1.807, 2.05) is 47.9 Å². The Morgan fingerprint density at radius 3 is 2.88 bits per heavy atom. The van der Waals surface area contributed by atoms with Crippen molar-refractivity contribution in [3.05, 3.63) is 59.8 Å². The van der Waals surface area contributed by atoms with E-state index in [2.05, 4.69) is 25.6 Å². The van der Waals surface area contributed by atoms with Gasteiger partial charge in [0.25, 0.3) is 0 Å². The van der Waals surface area contributed by atoms with Crippen LogP contribution >= 0.6 is 11.6 Å². The predicted octanol–water partition coefficient (Wildman–Crippen LogP) is 4.45. The Kier molecular flexibility index (Phi) is 4.45. The molecule has 0 spiro atoms. The van der Waals surface area contributed by atoms with Gasteiger partial charge in [-0.05, 0) is 37.3 Å². The van der Waals surface area contributed by atoms with Gasteiger partial charge in [-0.15, -0.1) is 0 Å². The Morgan fingerprint density at radius 2 is 2.12 bits per heavy atom. The van der Waals surface area contributed by atoms with E-state index in [1.54, 1.807) is 12.6 Å². The van der Waals surface area contributed by atoms with E-state index >= 15 is 0 Å². The number of aromatic nitrogens is 4. The van der Waals surface area contributed by atoms with Crippen LogP contribution in [-0.4, -0.2) is 19.5 Å². The van der Waals surface area contributed by atoms with Crippen LogP contribution < -0.4 is 10.6 Å². The number of furan rings is 1. The molecular weight excluding hydrogens is 352 g/mol. The zero-order valence-corrected chi connectivity index (χ0v) is 14.9. The molecule has 0 bridgehead atoms. The number of rotatable bonds is 6. The molecule has 0 saturated carbocycles. The van der Waals surface area contributed by atoms with E-state index in [0.29, 0.717) is 28.9 Å². The van der Waals surface area contributed by atoms with Gasteiger partial charge in [0.2, 0.25) is 5.95 Å². The monoisotopic (exact) mass is 368 g/mol. The molecule has 0 radical (unpaired) electrons. The summed E-state index contributed by atoms with van der Waals surface area (Å²) < 4.78 is 7.32. The molecule has 4 rings (SSSR count). The van der Waals surface area contributed by atoms with Crippen molar-refractivity contribution < 1.29 is 4.42 Å². The number of nitrogens with one attached hydrogen (secondary N) is 2. The van der Waals surface area contributed by atoms with Gasteiger partial charge in [-0.1, -0.05) is 17.7 Å². The van der Waals surface area contributed by atoms with Crippen molar-refractivity contribution in [2.24, 2.45) is 0 Å². The van der Waals surface area contributed by atoms with Crippen molar-refractivity contribution in [2.75, 3.05) is 10.6 Å². The minimum atomic E-state index is 0.494. The zero-order valence-electron chi connectivity index (χ0n) is 14.1. The number of halogens is 1. The molecule has 0 aliphatic rings. The first-order valence-electron chi connectivity index (χ1n) is 8.24. The maximum Gasteiger partial charge on any atom is 0.227 e. The summed E-state index contributed by atoms with van der Waals surface area (Å²) in [5, 5.41) is 7.13. The van der Waals surface area contributed by atoms with Crippen LogP contribution in [-0.2, 0) is 13.1 Å². The molecule has 3 heterocycles. The van der Waals surface area contributed by atoms with Crippen LogP contribution in [0, 0.1) is 0 Å². The minimum absolute atomic E-state index is 0.494. The molecule has 0 aliphatic heterocycles. The number of nitrogens with zero attached hydrogens (tertiary/aromatic N) is 4. The highest BCUT2D eigenvalue weighted by Crippen LogP contribution is 2.25. The van der Waals surface area contributed by atoms with Crippen LogP contribution in [0.5, 0.6) is 0 Å². The molecule has 26 heavy (non-hydrogen) atoms. The number of benzene rings is 1. The first kappa shape index (κ1) is 16.4. The molecule has 0 atom stereocenters. The summed E-state index contributed by atoms with van der Waals surface area (Å²) >= 11 is 6.08. The Morgan fingerprint density at radius 1 is 1.19 bits per heavy atom. The van der Waals surface area contributed by atoms with Gasteiger partial charge in [-0.3, -0.25) is 0 Å². The number of hydrogen-bond donors (Lipinski definition) is 2. The van der Waals surface area contributed by atoms with Crippen molar-refractivity contribution in [3.8, 4) is 0 Å². The Labute approximate surface area is 155 Å². The number of fused-ring (bicyclic) bond motifs is 1. The lowest BCUT2D eigenvalue weighted by molar-refractivity contribution is 0.517. The molecule has 3 aromatic heterocycles. The lowest BCUT2D eigenvalue weighted by Gasteiger charge is -2.10. The maximum absolute atomic E-state index is 6.08. The quantitative estimate of drug-likeness (QED) is 0.523. The summed E-state index contributed by atoms with van der Waals surface area (Å²) in [6.07, 6.45) is 3.40. The lowest BCUT2D eigenvalue weighted by Crippen LogP contribution is -2.07. The van der Waals surface area contributed by atoms with Gasteiger partial charge in [-0.25, -0.2) is 4.98 Å². The Bertz CT molecular complexity index is 1030. The molecule has 132 valence electrons. The van der Waals surface area contributed by atoms with Crippen molar-refractivity contribution in [1.29, 1.82) is 0 Å². The van der Waals surface area contributed by atoms with Crippen LogP contribution in [0.1, 0.15) is 12.7 Å². The average Bonchev–Trinajstić information content (AvgIpc) is 3.29. The summed E-state index contributed by atoms with van der Waals surface area (Å²) in [5.41, 5.74) is 2.30. The van der Waals surface area contributed by atoms with E-state index in [-0.39, 0.29) is 0 Å². The second kappa shape index (κ2) is 7.05. The fourth-order valence-corrected chi connectivity index (χ4v) is 2.81. The third-order valence-electron chi connectivity index (χ3n) is 3.89. The highest BCUT2D eigenvalue weighted by atomic mass is 35.5. The SMILES string of the molecule is CCn1cnc2c(Nc3cccc(Cl)c3)nc(NCc3ccco3)nc21. The Balaban J connectivity index is 1.70. The maximum atomic E-state index is 6.08. The van der Waals surface area contributed by atoms with E-state index in [0.717, 1.165) is 23.6 Å². The smallest absolute Gasteiger partial charge is 0.227 e. The molecule has 0 unspecified atom stereocenters. The molecule has 4 aromatic rings. The van der Waals surface area contributed by atoms with Crippen LogP contribution in [0.2, 0.25) is 5.02 Å². The van der Waals surface area contributed by atoms with Crippen molar-refractivity contribution >= 4 is 40.2 Å². The van der Waals surface area contributed by atoms with Gasteiger partial charge in [0.05, 0.1) is 19.1 Å². The van der Waals surface area contributed by atoms with Crippen molar-refractivity contribution in [1.82, 2.24) is 19.5 Å². The average molecular weight is 369 g/mol. The molecule has 2 N–H and O–H groups in total. The fraction of sp³-hybridized carbons (Fsp3) is 0.167. The van der Waals surface area contributed by atoms with Gasteiger partial charge in [0.1, 0.15) is 5.76 Å². The van der Waals surface area contributed by atoms with Gasteiger partial charge in [0, 0.05) is 17.3 Å². The first-order valence-corrected chi connectivity index (χ1v) is 8.62. The summed E-state index contributed by atoms with van der Waals surface area (Å²) in [7, 11) is 0. The van der Waals surface area contributed by atoms with Gasteiger partial charge < -0.3 is 19.6 Å². The van der Waals surface area contributed by atoms with E-state index in [1.165, 1.54) is 0 Å². The molecule has 0 fully saturated rings. The van der Waals surface area contributed by atoms with Crippen LogP contribution in [0.3, 0.4) is 0 Å². The first-order chi connectivity index (χ1) is 12.7. The van der Waals surface area contributed by atoms with Crippen molar-refractivity contribution in [3.63, 3.8) is 0 Å². The molecule has 7 nitrogen and oxygen atoms in total. The minimum Gasteiger partial charge on any atom is -0.467 e. The highest BCUT2D eigenvalue weighted by molar-refractivity contribution is 6.30. The number of hydrogen-bond acceptors (Lipinski definition) is 6. The summed E-state index contributed by atoms with van der Waals surface area (Å²) in [6.45, 7) is 3.31. The molecule has 0 saturated heterocycles.